The first-order chi connectivity index (χ1) is 12.0. The second-order valence-corrected chi connectivity index (χ2v) is 6.83. The van der Waals surface area contributed by atoms with Gasteiger partial charge in [-0.15, -0.1) is 0 Å². The molecule has 128 valence electrons. The molecule has 3 aromatic carbocycles. The van der Waals surface area contributed by atoms with E-state index in [9.17, 15) is 4.39 Å². The average molecular weight is 354 g/mol. The Kier molecular flexibility index (Phi) is 5.52. The van der Waals surface area contributed by atoms with E-state index in [4.69, 9.17) is 17.3 Å². The summed E-state index contributed by atoms with van der Waals surface area (Å²) in [5.74, 6) is -0.0176. The van der Waals surface area contributed by atoms with Crippen LogP contribution < -0.4 is 5.73 Å². The molecule has 0 spiro atoms. The van der Waals surface area contributed by atoms with Gasteiger partial charge in [-0.3, -0.25) is 0 Å². The molecule has 3 rings (SSSR count). The fourth-order valence-electron chi connectivity index (χ4n) is 3.09. The minimum absolute atomic E-state index is 0.00925. The smallest absolute Gasteiger partial charge is 0.131 e. The SMILES string of the molecule is CC(N)C(Cc1ccc(Cl)cc1)c1ccc(-c2ccccc2F)cc1. The van der Waals surface area contributed by atoms with E-state index in [2.05, 4.69) is 0 Å². The van der Waals surface area contributed by atoms with E-state index in [1.807, 2.05) is 61.5 Å². The lowest BCUT2D eigenvalue weighted by molar-refractivity contribution is 0.565. The van der Waals surface area contributed by atoms with Crippen LogP contribution in [-0.2, 0) is 6.42 Å². The Morgan fingerprint density at radius 2 is 1.56 bits per heavy atom. The highest BCUT2D eigenvalue weighted by atomic mass is 35.5. The third-order valence-corrected chi connectivity index (χ3v) is 4.78. The first-order valence-electron chi connectivity index (χ1n) is 8.39. The molecule has 0 radical (unpaired) electrons. The van der Waals surface area contributed by atoms with Crippen LogP contribution in [0.5, 0.6) is 0 Å². The molecule has 0 fully saturated rings. The second kappa shape index (κ2) is 7.81. The minimum Gasteiger partial charge on any atom is -0.327 e. The third kappa shape index (κ3) is 4.28. The summed E-state index contributed by atoms with van der Waals surface area (Å²) in [6.45, 7) is 2.02. The summed E-state index contributed by atoms with van der Waals surface area (Å²) in [5.41, 5.74) is 10.1. The van der Waals surface area contributed by atoms with Crippen molar-refractivity contribution >= 4 is 11.6 Å². The minimum atomic E-state index is -0.208. The van der Waals surface area contributed by atoms with Gasteiger partial charge >= 0.3 is 0 Å². The molecule has 0 heterocycles. The van der Waals surface area contributed by atoms with Crippen molar-refractivity contribution in [2.24, 2.45) is 5.73 Å². The number of halogens is 2. The predicted molar refractivity (Wildman–Crippen MR) is 103 cm³/mol. The van der Waals surface area contributed by atoms with Crippen LogP contribution in [0, 0.1) is 5.82 Å². The molecule has 0 aliphatic carbocycles. The van der Waals surface area contributed by atoms with Crippen molar-refractivity contribution in [2.75, 3.05) is 0 Å². The van der Waals surface area contributed by atoms with E-state index in [1.165, 1.54) is 11.6 Å². The quantitative estimate of drug-likeness (QED) is 0.614. The average Bonchev–Trinajstić information content (AvgIpc) is 2.62. The van der Waals surface area contributed by atoms with Crippen LogP contribution in [0.2, 0.25) is 5.02 Å². The number of benzene rings is 3. The molecule has 0 saturated carbocycles. The van der Waals surface area contributed by atoms with Crippen molar-refractivity contribution in [3.8, 4) is 11.1 Å². The van der Waals surface area contributed by atoms with Gasteiger partial charge in [0.05, 0.1) is 0 Å². The van der Waals surface area contributed by atoms with Gasteiger partial charge in [-0.2, -0.15) is 0 Å². The molecule has 0 aliphatic heterocycles. The van der Waals surface area contributed by atoms with Crippen molar-refractivity contribution in [3.05, 3.63) is 94.8 Å². The van der Waals surface area contributed by atoms with Gasteiger partial charge in [0.2, 0.25) is 0 Å². The number of hydrogen-bond acceptors (Lipinski definition) is 1. The van der Waals surface area contributed by atoms with Crippen LogP contribution in [0.3, 0.4) is 0 Å². The fourth-order valence-corrected chi connectivity index (χ4v) is 3.21. The van der Waals surface area contributed by atoms with Crippen LogP contribution in [0.1, 0.15) is 24.0 Å². The van der Waals surface area contributed by atoms with E-state index in [0.717, 1.165) is 22.6 Å². The van der Waals surface area contributed by atoms with E-state index >= 15 is 0 Å². The number of hydrogen-bond donors (Lipinski definition) is 1. The molecule has 0 saturated heterocycles. The monoisotopic (exact) mass is 353 g/mol. The molecule has 3 heteroatoms. The van der Waals surface area contributed by atoms with Gasteiger partial charge in [0.1, 0.15) is 5.82 Å². The summed E-state index contributed by atoms with van der Waals surface area (Å²) < 4.78 is 14.0. The Morgan fingerprint density at radius 1 is 0.920 bits per heavy atom. The summed E-state index contributed by atoms with van der Waals surface area (Å²) in [7, 11) is 0. The zero-order valence-corrected chi connectivity index (χ0v) is 14.9. The van der Waals surface area contributed by atoms with Crippen LogP contribution in [0.4, 0.5) is 4.39 Å². The third-order valence-electron chi connectivity index (χ3n) is 4.53. The molecule has 0 aliphatic rings. The van der Waals surface area contributed by atoms with Gasteiger partial charge < -0.3 is 5.73 Å². The van der Waals surface area contributed by atoms with E-state index in [-0.39, 0.29) is 17.8 Å². The topological polar surface area (TPSA) is 26.0 Å². The van der Waals surface area contributed by atoms with E-state index in [1.54, 1.807) is 12.1 Å². The summed E-state index contributed by atoms with van der Waals surface area (Å²) in [5, 5.41) is 0.732. The highest BCUT2D eigenvalue weighted by Gasteiger charge is 2.17. The van der Waals surface area contributed by atoms with E-state index < -0.39 is 0 Å². The zero-order chi connectivity index (χ0) is 17.8. The fraction of sp³-hybridized carbons (Fsp3) is 0.182. The maximum absolute atomic E-state index is 14.0. The summed E-state index contributed by atoms with van der Waals surface area (Å²) >= 11 is 5.96. The van der Waals surface area contributed by atoms with Gasteiger partial charge in [0.15, 0.2) is 0 Å². The zero-order valence-electron chi connectivity index (χ0n) is 14.1. The Morgan fingerprint density at radius 3 is 2.16 bits per heavy atom. The molecular weight excluding hydrogens is 333 g/mol. The van der Waals surface area contributed by atoms with Gasteiger partial charge in [-0.1, -0.05) is 66.2 Å². The normalized spacial score (nSPS) is 13.4. The molecule has 0 aromatic heterocycles. The molecule has 2 unspecified atom stereocenters. The lowest BCUT2D eigenvalue weighted by Crippen LogP contribution is -2.26. The van der Waals surface area contributed by atoms with Crippen molar-refractivity contribution in [3.63, 3.8) is 0 Å². The maximum Gasteiger partial charge on any atom is 0.131 e. The molecular formula is C22H21ClFN. The van der Waals surface area contributed by atoms with Crippen LogP contribution >= 0.6 is 11.6 Å². The first kappa shape index (κ1) is 17.7. The molecule has 0 bridgehead atoms. The summed E-state index contributed by atoms with van der Waals surface area (Å²) in [6, 6.07) is 22.7. The molecule has 3 aromatic rings. The van der Waals surface area contributed by atoms with Crippen molar-refractivity contribution in [2.45, 2.75) is 25.3 Å². The Balaban J connectivity index is 1.85. The highest BCUT2D eigenvalue weighted by molar-refractivity contribution is 6.30. The standard InChI is InChI=1S/C22H21ClFN/c1-15(25)21(14-16-6-12-19(23)13-7-16)18-10-8-17(9-11-18)20-4-2-3-5-22(20)24/h2-13,15,21H,14,25H2,1H3. The molecule has 25 heavy (non-hydrogen) atoms. The molecule has 2 N–H and O–H groups in total. The maximum atomic E-state index is 14.0. The van der Waals surface area contributed by atoms with Crippen molar-refractivity contribution in [1.29, 1.82) is 0 Å². The van der Waals surface area contributed by atoms with Crippen LogP contribution in [0.15, 0.2) is 72.8 Å². The molecule has 0 amide bonds. The Bertz CT molecular complexity index is 825. The van der Waals surface area contributed by atoms with Crippen molar-refractivity contribution < 1.29 is 4.39 Å². The van der Waals surface area contributed by atoms with Crippen molar-refractivity contribution in [1.82, 2.24) is 0 Å². The number of rotatable bonds is 5. The summed E-state index contributed by atoms with van der Waals surface area (Å²) in [4.78, 5) is 0. The Labute approximate surface area is 153 Å². The van der Waals surface area contributed by atoms with Gasteiger partial charge in [-0.05, 0) is 48.2 Å². The molecule has 1 nitrogen and oxygen atoms in total. The largest absolute Gasteiger partial charge is 0.327 e. The predicted octanol–water partition coefficient (Wildman–Crippen LogP) is 5.82. The summed E-state index contributed by atoms with van der Waals surface area (Å²) in [6.07, 6.45) is 0.841. The van der Waals surface area contributed by atoms with Gasteiger partial charge in [-0.25, -0.2) is 4.39 Å². The van der Waals surface area contributed by atoms with Crippen LogP contribution in [-0.4, -0.2) is 6.04 Å². The van der Waals surface area contributed by atoms with Crippen LogP contribution in [0.25, 0.3) is 11.1 Å². The number of nitrogens with two attached hydrogens (primary N) is 1. The second-order valence-electron chi connectivity index (χ2n) is 6.40. The van der Waals surface area contributed by atoms with Gasteiger partial charge in [0, 0.05) is 22.5 Å². The highest BCUT2D eigenvalue weighted by Crippen LogP contribution is 2.28. The lowest BCUT2D eigenvalue weighted by Gasteiger charge is -2.22. The lowest BCUT2D eigenvalue weighted by atomic mass is 9.86. The van der Waals surface area contributed by atoms with E-state index in [0.29, 0.717) is 5.56 Å². The Hall–Kier alpha value is -2.16. The first-order valence-corrected chi connectivity index (χ1v) is 8.77. The van der Waals surface area contributed by atoms with Gasteiger partial charge in [0.25, 0.3) is 0 Å². The molecule has 2 atom stereocenters.